The minimum atomic E-state index is -0.305. The third-order valence-electron chi connectivity index (χ3n) is 3.91. The molecule has 0 amide bonds. The summed E-state index contributed by atoms with van der Waals surface area (Å²) in [5, 5.41) is 7.12. The van der Waals surface area contributed by atoms with Gasteiger partial charge in [-0.1, -0.05) is 36.7 Å². The molecule has 6 heteroatoms. The molecule has 26 heavy (non-hydrogen) atoms. The lowest BCUT2D eigenvalue weighted by Crippen LogP contribution is -2.21. The van der Waals surface area contributed by atoms with Crippen molar-refractivity contribution in [3.8, 4) is 11.5 Å². The number of ether oxygens (including phenoxy) is 2. The number of methoxy groups -OCH3 is 1. The molecule has 0 aliphatic rings. The van der Waals surface area contributed by atoms with Gasteiger partial charge in [0.1, 0.15) is 12.4 Å². The van der Waals surface area contributed by atoms with Gasteiger partial charge in [-0.05, 0) is 49.8 Å². The van der Waals surface area contributed by atoms with E-state index in [1.165, 1.54) is 6.07 Å². The monoisotopic (exact) mass is 380 g/mol. The zero-order valence-electron chi connectivity index (χ0n) is 15.3. The van der Waals surface area contributed by atoms with Crippen molar-refractivity contribution in [2.45, 2.75) is 26.5 Å². The molecule has 0 aliphatic carbocycles. The molecule has 2 rings (SSSR count). The Morgan fingerprint density at radius 3 is 2.62 bits per heavy atom. The molecule has 0 heterocycles. The van der Waals surface area contributed by atoms with Crippen LogP contribution in [0.15, 0.2) is 36.4 Å². The Bertz CT molecular complexity index is 698. The van der Waals surface area contributed by atoms with Crippen molar-refractivity contribution >= 4 is 11.6 Å². The normalized spacial score (nSPS) is 10.8. The van der Waals surface area contributed by atoms with Gasteiger partial charge in [0.15, 0.2) is 11.5 Å². The van der Waals surface area contributed by atoms with Crippen LogP contribution in [-0.4, -0.2) is 26.7 Å². The molecule has 0 saturated heterocycles. The van der Waals surface area contributed by atoms with E-state index in [2.05, 4.69) is 17.6 Å². The third kappa shape index (κ3) is 6.16. The minimum Gasteiger partial charge on any atom is -0.493 e. The Morgan fingerprint density at radius 1 is 1.12 bits per heavy atom. The van der Waals surface area contributed by atoms with Gasteiger partial charge in [0, 0.05) is 12.1 Å². The Labute approximate surface area is 159 Å². The average molecular weight is 381 g/mol. The SMILES string of the molecule is CCNCCCNCc1cc(Cl)c(OCc2ccccc2F)c(OC)c1. The molecule has 0 bridgehead atoms. The molecule has 0 saturated carbocycles. The molecule has 2 aromatic rings. The van der Waals surface area contributed by atoms with Crippen molar-refractivity contribution < 1.29 is 13.9 Å². The van der Waals surface area contributed by atoms with Crippen LogP contribution in [0.25, 0.3) is 0 Å². The number of hydrogen-bond acceptors (Lipinski definition) is 4. The number of rotatable bonds is 11. The lowest BCUT2D eigenvalue weighted by atomic mass is 10.2. The van der Waals surface area contributed by atoms with E-state index in [0.29, 0.717) is 28.6 Å². The van der Waals surface area contributed by atoms with Crippen LogP contribution in [0.3, 0.4) is 0 Å². The van der Waals surface area contributed by atoms with E-state index in [1.807, 2.05) is 12.1 Å². The first-order valence-corrected chi connectivity index (χ1v) is 9.17. The predicted molar refractivity (Wildman–Crippen MR) is 104 cm³/mol. The van der Waals surface area contributed by atoms with Gasteiger partial charge in [0.2, 0.25) is 0 Å². The van der Waals surface area contributed by atoms with Gasteiger partial charge in [-0.2, -0.15) is 0 Å². The summed E-state index contributed by atoms with van der Waals surface area (Å²) in [5.41, 5.74) is 1.48. The van der Waals surface area contributed by atoms with Gasteiger partial charge in [-0.15, -0.1) is 0 Å². The number of hydrogen-bond donors (Lipinski definition) is 2. The zero-order chi connectivity index (χ0) is 18.8. The van der Waals surface area contributed by atoms with Crippen molar-refractivity contribution in [3.63, 3.8) is 0 Å². The van der Waals surface area contributed by atoms with Crippen LogP contribution in [0.1, 0.15) is 24.5 Å². The van der Waals surface area contributed by atoms with Gasteiger partial charge >= 0.3 is 0 Å². The fourth-order valence-electron chi connectivity index (χ4n) is 2.53. The molecule has 142 valence electrons. The van der Waals surface area contributed by atoms with Crippen LogP contribution in [-0.2, 0) is 13.2 Å². The molecule has 0 unspecified atom stereocenters. The summed E-state index contributed by atoms with van der Waals surface area (Å²) in [6.45, 7) is 5.77. The van der Waals surface area contributed by atoms with Gasteiger partial charge in [-0.25, -0.2) is 4.39 Å². The molecule has 0 atom stereocenters. The Morgan fingerprint density at radius 2 is 1.88 bits per heavy atom. The Hall–Kier alpha value is -1.82. The molecule has 0 fully saturated rings. The van der Waals surface area contributed by atoms with Crippen LogP contribution >= 0.6 is 11.6 Å². The highest BCUT2D eigenvalue weighted by atomic mass is 35.5. The number of benzene rings is 2. The van der Waals surface area contributed by atoms with Crippen molar-refractivity contribution in [1.82, 2.24) is 10.6 Å². The first kappa shape index (κ1) is 20.5. The largest absolute Gasteiger partial charge is 0.493 e. The lowest BCUT2D eigenvalue weighted by molar-refractivity contribution is 0.279. The van der Waals surface area contributed by atoms with Crippen molar-refractivity contribution in [2.24, 2.45) is 0 Å². The van der Waals surface area contributed by atoms with E-state index >= 15 is 0 Å². The lowest BCUT2D eigenvalue weighted by Gasteiger charge is -2.15. The topological polar surface area (TPSA) is 42.5 Å². The molecular formula is C20H26ClFN2O2. The van der Waals surface area contributed by atoms with Crippen molar-refractivity contribution in [1.29, 1.82) is 0 Å². The second-order valence-electron chi connectivity index (χ2n) is 5.87. The summed E-state index contributed by atoms with van der Waals surface area (Å²) in [5.74, 6) is 0.660. The van der Waals surface area contributed by atoms with Crippen molar-refractivity contribution in [2.75, 3.05) is 26.7 Å². The molecule has 2 N–H and O–H groups in total. The number of nitrogens with one attached hydrogen (secondary N) is 2. The second-order valence-corrected chi connectivity index (χ2v) is 6.28. The van der Waals surface area contributed by atoms with E-state index in [0.717, 1.165) is 31.6 Å². The van der Waals surface area contributed by atoms with Crippen LogP contribution in [0.5, 0.6) is 11.5 Å². The Kier molecular flexibility index (Phi) is 8.68. The third-order valence-corrected chi connectivity index (χ3v) is 4.19. The molecule has 0 radical (unpaired) electrons. The molecule has 0 aliphatic heterocycles. The smallest absolute Gasteiger partial charge is 0.180 e. The van der Waals surface area contributed by atoms with Gasteiger partial charge in [0.05, 0.1) is 12.1 Å². The first-order valence-electron chi connectivity index (χ1n) is 8.79. The highest BCUT2D eigenvalue weighted by Gasteiger charge is 2.13. The summed E-state index contributed by atoms with van der Waals surface area (Å²) in [4.78, 5) is 0. The van der Waals surface area contributed by atoms with Crippen molar-refractivity contribution in [3.05, 3.63) is 58.4 Å². The van der Waals surface area contributed by atoms with Gasteiger partial charge in [0.25, 0.3) is 0 Å². The van der Waals surface area contributed by atoms with Crippen LogP contribution in [0, 0.1) is 5.82 Å². The molecule has 0 aromatic heterocycles. The predicted octanol–water partition coefficient (Wildman–Crippen LogP) is 4.16. The van der Waals surface area contributed by atoms with E-state index in [1.54, 1.807) is 25.3 Å². The van der Waals surface area contributed by atoms with E-state index in [-0.39, 0.29) is 12.4 Å². The minimum absolute atomic E-state index is 0.0881. The standard InChI is InChI=1S/C20H26ClFN2O2/c1-3-23-9-6-10-24-13-15-11-17(21)20(19(12-15)25-2)26-14-16-7-4-5-8-18(16)22/h4-5,7-8,11-12,23-24H,3,6,9-10,13-14H2,1-2H3. The van der Waals surface area contributed by atoms with Crippen LogP contribution in [0.2, 0.25) is 5.02 Å². The quantitative estimate of drug-likeness (QED) is 0.574. The maximum atomic E-state index is 13.7. The summed E-state index contributed by atoms with van der Waals surface area (Å²) in [6, 6.07) is 10.2. The maximum absolute atomic E-state index is 13.7. The maximum Gasteiger partial charge on any atom is 0.180 e. The summed E-state index contributed by atoms with van der Waals surface area (Å²) in [7, 11) is 1.56. The van der Waals surface area contributed by atoms with Crippen LogP contribution < -0.4 is 20.1 Å². The second kappa shape index (κ2) is 11.0. The molecule has 0 spiro atoms. The molecule has 4 nitrogen and oxygen atoms in total. The zero-order valence-corrected chi connectivity index (χ0v) is 16.0. The summed E-state index contributed by atoms with van der Waals surface area (Å²) < 4.78 is 24.9. The highest BCUT2D eigenvalue weighted by molar-refractivity contribution is 6.32. The number of halogens is 2. The van der Waals surface area contributed by atoms with Gasteiger partial charge in [-0.3, -0.25) is 0 Å². The van der Waals surface area contributed by atoms with Gasteiger partial charge < -0.3 is 20.1 Å². The molecule has 2 aromatic carbocycles. The highest BCUT2D eigenvalue weighted by Crippen LogP contribution is 2.37. The van der Waals surface area contributed by atoms with E-state index < -0.39 is 0 Å². The summed E-state index contributed by atoms with van der Waals surface area (Å²) in [6.07, 6.45) is 1.06. The Balaban J connectivity index is 1.96. The fourth-order valence-corrected chi connectivity index (χ4v) is 2.82. The summed E-state index contributed by atoms with van der Waals surface area (Å²) >= 11 is 6.36. The average Bonchev–Trinajstić information content (AvgIpc) is 2.64. The molecular weight excluding hydrogens is 355 g/mol. The van der Waals surface area contributed by atoms with E-state index in [4.69, 9.17) is 21.1 Å². The fraction of sp³-hybridized carbons (Fsp3) is 0.400. The first-order chi connectivity index (χ1) is 12.7. The van der Waals surface area contributed by atoms with E-state index in [9.17, 15) is 4.39 Å². The van der Waals surface area contributed by atoms with Crippen LogP contribution in [0.4, 0.5) is 4.39 Å².